The molecule has 8 heteroatoms. The van der Waals surface area contributed by atoms with Crippen LogP contribution in [-0.4, -0.2) is 31.6 Å². The number of anilines is 1. The fraction of sp³-hybridized carbons (Fsp3) is 0.150. The van der Waals surface area contributed by atoms with Crippen LogP contribution < -0.4 is 5.32 Å². The number of amides is 1. The van der Waals surface area contributed by atoms with Gasteiger partial charge in [0.2, 0.25) is 5.76 Å². The summed E-state index contributed by atoms with van der Waals surface area (Å²) in [6, 6.07) is 11.2. The van der Waals surface area contributed by atoms with E-state index in [0.29, 0.717) is 27.2 Å². The number of hydrogen-bond donors (Lipinski definition) is 1. The van der Waals surface area contributed by atoms with Gasteiger partial charge in [0.05, 0.1) is 12.7 Å². The van der Waals surface area contributed by atoms with Gasteiger partial charge < -0.3 is 19.2 Å². The summed E-state index contributed by atoms with van der Waals surface area (Å²) < 4.78 is 15.0. The highest BCUT2D eigenvalue weighted by Crippen LogP contribution is 2.23. The van der Waals surface area contributed by atoms with Crippen LogP contribution in [0, 0.1) is 6.92 Å². The Kier molecular flexibility index (Phi) is 5.65. The molecule has 0 aliphatic rings. The molecular weight excluding hydrogens is 386 g/mol. The first-order valence-electron chi connectivity index (χ1n) is 8.22. The maximum Gasteiger partial charge on any atom is 0.374 e. The zero-order valence-electron chi connectivity index (χ0n) is 15.1. The summed E-state index contributed by atoms with van der Waals surface area (Å²) >= 11 is 5.90. The molecule has 0 atom stereocenters. The van der Waals surface area contributed by atoms with Crippen molar-refractivity contribution in [1.29, 1.82) is 0 Å². The zero-order valence-corrected chi connectivity index (χ0v) is 15.8. The topological polar surface area (TPSA) is 94.8 Å². The van der Waals surface area contributed by atoms with Gasteiger partial charge in [-0.1, -0.05) is 17.7 Å². The van der Waals surface area contributed by atoms with E-state index < -0.39 is 24.5 Å². The number of methoxy groups -OCH3 is 1. The second-order valence-corrected chi connectivity index (χ2v) is 6.37. The van der Waals surface area contributed by atoms with E-state index in [1.807, 2.05) is 0 Å². The van der Waals surface area contributed by atoms with Gasteiger partial charge in [-0.3, -0.25) is 4.79 Å². The van der Waals surface area contributed by atoms with Crippen LogP contribution in [0.2, 0.25) is 5.02 Å². The Morgan fingerprint density at radius 1 is 1.07 bits per heavy atom. The predicted molar refractivity (Wildman–Crippen MR) is 103 cm³/mol. The SMILES string of the molecule is COC(=O)c1ccc(C)c(NC(=O)COC(=O)c2cc3cc(Cl)ccc3o2)c1. The zero-order chi connectivity index (χ0) is 20.3. The van der Waals surface area contributed by atoms with Crippen LogP contribution in [-0.2, 0) is 14.3 Å². The van der Waals surface area contributed by atoms with Gasteiger partial charge in [-0.25, -0.2) is 9.59 Å². The number of rotatable bonds is 5. The Morgan fingerprint density at radius 3 is 2.61 bits per heavy atom. The molecule has 144 valence electrons. The van der Waals surface area contributed by atoms with Gasteiger partial charge in [0.25, 0.3) is 5.91 Å². The first-order valence-corrected chi connectivity index (χ1v) is 8.60. The summed E-state index contributed by atoms with van der Waals surface area (Å²) in [7, 11) is 1.27. The highest BCUT2D eigenvalue weighted by molar-refractivity contribution is 6.31. The molecule has 0 saturated carbocycles. The van der Waals surface area contributed by atoms with Crippen molar-refractivity contribution in [2.45, 2.75) is 6.92 Å². The first kappa shape index (κ1) is 19.4. The van der Waals surface area contributed by atoms with Crippen LogP contribution in [0.5, 0.6) is 0 Å². The summed E-state index contributed by atoms with van der Waals surface area (Å²) in [6.07, 6.45) is 0. The molecule has 1 amide bonds. The molecule has 3 aromatic rings. The number of esters is 2. The number of carbonyl (C=O) groups is 3. The van der Waals surface area contributed by atoms with Crippen molar-refractivity contribution in [3.63, 3.8) is 0 Å². The van der Waals surface area contributed by atoms with Gasteiger partial charge in [-0.05, 0) is 48.9 Å². The third kappa shape index (κ3) is 4.32. The highest BCUT2D eigenvalue weighted by atomic mass is 35.5. The Bertz CT molecular complexity index is 1070. The van der Waals surface area contributed by atoms with Crippen LogP contribution >= 0.6 is 11.6 Å². The Labute approximate surface area is 165 Å². The monoisotopic (exact) mass is 401 g/mol. The average molecular weight is 402 g/mol. The molecule has 0 bridgehead atoms. The van der Waals surface area contributed by atoms with Gasteiger partial charge in [-0.2, -0.15) is 0 Å². The maximum absolute atomic E-state index is 12.1. The lowest BCUT2D eigenvalue weighted by molar-refractivity contribution is -0.119. The van der Waals surface area contributed by atoms with E-state index in [1.54, 1.807) is 37.3 Å². The number of hydrogen-bond acceptors (Lipinski definition) is 6. The van der Waals surface area contributed by atoms with Gasteiger partial charge in [-0.15, -0.1) is 0 Å². The molecule has 28 heavy (non-hydrogen) atoms. The number of carbonyl (C=O) groups excluding carboxylic acids is 3. The number of aryl methyl sites for hydroxylation is 1. The van der Waals surface area contributed by atoms with Crippen LogP contribution in [0.25, 0.3) is 11.0 Å². The van der Waals surface area contributed by atoms with Gasteiger partial charge >= 0.3 is 11.9 Å². The summed E-state index contributed by atoms with van der Waals surface area (Å²) in [5, 5.41) is 3.76. The molecule has 0 aliphatic heterocycles. The van der Waals surface area contributed by atoms with Crippen LogP contribution in [0.15, 0.2) is 46.9 Å². The van der Waals surface area contributed by atoms with Gasteiger partial charge in [0.1, 0.15) is 5.58 Å². The molecule has 1 aromatic heterocycles. The molecular formula is C20H16ClNO6. The smallest absolute Gasteiger partial charge is 0.374 e. The molecule has 0 unspecified atom stereocenters. The van der Waals surface area contributed by atoms with E-state index in [9.17, 15) is 14.4 Å². The lowest BCUT2D eigenvalue weighted by Gasteiger charge is -2.10. The van der Waals surface area contributed by atoms with Crippen LogP contribution in [0.1, 0.15) is 26.5 Å². The predicted octanol–water partition coefficient (Wildman–Crippen LogP) is 3.98. The van der Waals surface area contributed by atoms with E-state index in [-0.39, 0.29) is 5.76 Å². The number of fused-ring (bicyclic) bond motifs is 1. The number of nitrogens with one attached hydrogen (secondary N) is 1. The van der Waals surface area contributed by atoms with Crippen molar-refractivity contribution in [3.8, 4) is 0 Å². The third-order valence-electron chi connectivity index (χ3n) is 3.95. The lowest BCUT2D eigenvalue weighted by Crippen LogP contribution is -2.21. The average Bonchev–Trinajstić information content (AvgIpc) is 3.10. The molecule has 0 radical (unpaired) electrons. The minimum atomic E-state index is -0.775. The molecule has 7 nitrogen and oxygen atoms in total. The Balaban J connectivity index is 1.63. The van der Waals surface area contributed by atoms with Crippen LogP contribution in [0.3, 0.4) is 0 Å². The highest BCUT2D eigenvalue weighted by Gasteiger charge is 2.16. The summed E-state index contributed by atoms with van der Waals surface area (Å²) in [5.41, 5.74) is 1.93. The van der Waals surface area contributed by atoms with Gasteiger partial charge in [0, 0.05) is 16.1 Å². The van der Waals surface area contributed by atoms with E-state index in [2.05, 4.69) is 10.1 Å². The van der Waals surface area contributed by atoms with Crippen LogP contribution in [0.4, 0.5) is 5.69 Å². The molecule has 2 aromatic carbocycles. The summed E-state index contributed by atoms with van der Waals surface area (Å²) in [4.78, 5) is 35.8. The summed E-state index contributed by atoms with van der Waals surface area (Å²) in [5.74, 6) is -1.89. The van der Waals surface area contributed by atoms with Crippen molar-refractivity contribution < 1.29 is 28.3 Å². The normalized spacial score (nSPS) is 10.5. The molecule has 0 spiro atoms. The van der Waals surface area contributed by atoms with Crippen molar-refractivity contribution in [2.75, 3.05) is 19.0 Å². The molecule has 1 heterocycles. The van der Waals surface area contributed by atoms with E-state index in [4.69, 9.17) is 20.8 Å². The minimum absolute atomic E-state index is 0.0334. The van der Waals surface area contributed by atoms with Crippen molar-refractivity contribution in [3.05, 3.63) is 64.4 Å². The maximum atomic E-state index is 12.1. The Hall–Kier alpha value is -3.32. The van der Waals surface area contributed by atoms with E-state index in [0.717, 1.165) is 5.56 Å². The number of furan rings is 1. The first-order chi connectivity index (χ1) is 13.4. The summed E-state index contributed by atoms with van der Waals surface area (Å²) in [6.45, 7) is 1.25. The fourth-order valence-electron chi connectivity index (χ4n) is 2.50. The number of benzene rings is 2. The largest absolute Gasteiger partial charge is 0.465 e. The van der Waals surface area contributed by atoms with Crippen molar-refractivity contribution in [2.24, 2.45) is 0 Å². The second-order valence-electron chi connectivity index (χ2n) is 5.94. The molecule has 3 rings (SSSR count). The van der Waals surface area contributed by atoms with Gasteiger partial charge in [0.15, 0.2) is 6.61 Å². The quantitative estimate of drug-likeness (QED) is 0.650. The molecule has 1 N–H and O–H groups in total. The fourth-order valence-corrected chi connectivity index (χ4v) is 2.69. The molecule has 0 fully saturated rings. The standard InChI is InChI=1S/C20H16ClNO6/c1-11-3-4-12(19(24)26-2)8-15(11)22-18(23)10-27-20(25)17-9-13-7-14(21)5-6-16(13)28-17/h3-9H,10H2,1-2H3,(H,22,23). The van der Waals surface area contributed by atoms with E-state index in [1.165, 1.54) is 19.2 Å². The molecule has 0 aliphatic carbocycles. The van der Waals surface area contributed by atoms with E-state index >= 15 is 0 Å². The Morgan fingerprint density at radius 2 is 1.86 bits per heavy atom. The number of halogens is 1. The minimum Gasteiger partial charge on any atom is -0.465 e. The second kappa shape index (κ2) is 8.14. The third-order valence-corrected chi connectivity index (χ3v) is 4.18. The lowest BCUT2D eigenvalue weighted by atomic mass is 10.1. The van der Waals surface area contributed by atoms with Crippen molar-refractivity contribution >= 4 is 46.1 Å². The molecule has 0 saturated heterocycles. The number of ether oxygens (including phenoxy) is 2. The van der Waals surface area contributed by atoms with Crippen molar-refractivity contribution in [1.82, 2.24) is 0 Å².